The molecule has 1 aromatic carbocycles. The number of benzene rings is 1. The lowest BCUT2D eigenvalue weighted by molar-refractivity contribution is -0.128. The number of nitrogens with one attached hydrogen (secondary N) is 1. The Morgan fingerprint density at radius 1 is 1.17 bits per heavy atom. The van der Waals surface area contributed by atoms with E-state index in [2.05, 4.69) is 15.3 Å². The summed E-state index contributed by atoms with van der Waals surface area (Å²) < 4.78 is 0. The molecule has 1 atom stereocenters. The summed E-state index contributed by atoms with van der Waals surface area (Å²) in [4.78, 5) is 34.8. The SMILES string of the molecule is Cc1nc2ccccc2nc1CN1C(=O)N[C@@H](CC(C)C)C1=O. The Morgan fingerprint density at radius 3 is 2.48 bits per heavy atom. The Morgan fingerprint density at radius 2 is 1.83 bits per heavy atom. The summed E-state index contributed by atoms with van der Waals surface area (Å²) in [6.07, 6.45) is 0.642. The molecule has 2 heterocycles. The van der Waals surface area contributed by atoms with Crippen molar-refractivity contribution < 1.29 is 9.59 Å². The monoisotopic (exact) mass is 312 g/mol. The topological polar surface area (TPSA) is 75.2 Å². The molecule has 120 valence electrons. The number of imide groups is 1. The van der Waals surface area contributed by atoms with Gasteiger partial charge >= 0.3 is 6.03 Å². The van der Waals surface area contributed by atoms with Gasteiger partial charge < -0.3 is 5.32 Å². The highest BCUT2D eigenvalue weighted by Crippen LogP contribution is 2.19. The molecule has 1 saturated heterocycles. The van der Waals surface area contributed by atoms with Crippen LogP contribution in [0.3, 0.4) is 0 Å². The molecule has 0 unspecified atom stereocenters. The third kappa shape index (κ3) is 3.02. The van der Waals surface area contributed by atoms with Crippen LogP contribution in [0, 0.1) is 12.8 Å². The molecule has 0 bridgehead atoms. The van der Waals surface area contributed by atoms with Crippen molar-refractivity contribution in [1.82, 2.24) is 20.2 Å². The average molecular weight is 312 g/mol. The number of hydrogen-bond donors (Lipinski definition) is 1. The zero-order chi connectivity index (χ0) is 16.6. The maximum Gasteiger partial charge on any atom is 0.325 e. The third-order valence-corrected chi connectivity index (χ3v) is 3.96. The quantitative estimate of drug-likeness (QED) is 0.880. The van der Waals surface area contributed by atoms with Gasteiger partial charge in [0.15, 0.2) is 0 Å². The molecule has 1 N–H and O–H groups in total. The lowest BCUT2D eigenvalue weighted by Crippen LogP contribution is -2.32. The largest absolute Gasteiger partial charge is 0.326 e. The second kappa shape index (κ2) is 5.95. The number of carbonyl (C=O) groups excluding carboxylic acids is 2. The Labute approximate surface area is 134 Å². The molecule has 3 rings (SSSR count). The summed E-state index contributed by atoms with van der Waals surface area (Å²) in [5.41, 5.74) is 2.96. The van der Waals surface area contributed by atoms with E-state index in [0.717, 1.165) is 16.7 Å². The van der Waals surface area contributed by atoms with E-state index in [1.807, 2.05) is 45.0 Å². The standard InChI is InChI=1S/C17H20N4O2/c1-10(2)8-14-16(22)21(17(23)20-14)9-15-11(3)18-12-6-4-5-7-13(12)19-15/h4-7,10,14H,8-9H2,1-3H3,(H,20,23)/t14-/m0/s1. The van der Waals surface area contributed by atoms with Crippen LogP contribution >= 0.6 is 0 Å². The molecule has 0 saturated carbocycles. The molecule has 3 amide bonds. The van der Waals surface area contributed by atoms with Gasteiger partial charge in [-0.15, -0.1) is 0 Å². The van der Waals surface area contributed by atoms with Crippen molar-refractivity contribution in [3.05, 3.63) is 35.7 Å². The number of nitrogens with zero attached hydrogens (tertiary/aromatic N) is 3. The molecule has 6 nitrogen and oxygen atoms in total. The minimum atomic E-state index is -0.434. The smallest absolute Gasteiger partial charge is 0.325 e. The predicted octanol–water partition coefficient (Wildman–Crippen LogP) is 2.40. The first-order valence-corrected chi connectivity index (χ1v) is 7.80. The van der Waals surface area contributed by atoms with Gasteiger partial charge in [0.25, 0.3) is 5.91 Å². The van der Waals surface area contributed by atoms with Crippen LogP contribution in [0.2, 0.25) is 0 Å². The third-order valence-electron chi connectivity index (χ3n) is 3.96. The van der Waals surface area contributed by atoms with E-state index >= 15 is 0 Å². The Balaban J connectivity index is 1.85. The van der Waals surface area contributed by atoms with E-state index < -0.39 is 6.04 Å². The van der Waals surface area contributed by atoms with E-state index in [4.69, 9.17) is 0 Å². The first-order valence-electron chi connectivity index (χ1n) is 7.80. The van der Waals surface area contributed by atoms with Crippen LogP contribution in [0.4, 0.5) is 4.79 Å². The maximum absolute atomic E-state index is 12.4. The number of urea groups is 1. The van der Waals surface area contributed by atoms with Crippen molar-refractivity contribution in [3.8, 4) is 0 Å². The minimum absolute atomic E-state index is 0.156. The van der Waals surface area contributed by atoms with Gasteiger partial charge in [0.2, 0.25) is 0 Å². The zero-order valence-electron chi connectivity index (χ0n) is 13.5. The number of para-hydroxylation sites is 2. The normalized spacial score (nSPS) is 18.1. The van der Waals surface area contributed by atoms with Crippen LogP contribution in [-0.2, 0) is 11.3 Å². The lowest BCUT2D eigenvalue weighted by Gasteiger charge is -2.15. The molecule has 0 spiro atoms. The predicted molar refractivity (Wildman–Crippen MR) is 86.6 cm³/mol. The van der Waals surface area contributed by atoms with Crippen molar-refractivity contribution in [2.45, 2.75) is 39.8 Å². The Hall–Kier alpha value is -2.50. The Kier molecular flexibility index (Phi) is 3.98. The summed E-state index contributed by atoms with van der Waals surface area (Å²) in [6, 6.07) is 6.78. The number of hydrogen-bond acceptors (Lipinski definition) is 4. The van der Waals surface area contributed by atoms with E-state index in [9.17, 15) is 9.59 Å². The van der Waals surface area contributed by atoms with Crippen LogP contribution in [0.5, 0.6) is 0 Å². The second-order valence-corrected chi connectivity index (χ2v) is 6.30. The molecule has 1 aliphatic rings. The van der Waals surface area contributed by atoms with Gasteiger partial charge in [-0.25, -0.2) is 14.8 Å². The summed E-state index contributed by atoms with van der Waals surface area (Å²) in [5.74, 6) is 0.157. The summed E-state index contributed by atoms with van der Waals surface area (Å²) in [5, 5.41) is 2.75. The summed E-state index contributed by atoms with van der Waals surface area (Å²) in [6.45, 7) is 6.06. The number of carbonyl (C=O) groups is 2. The van der Waals surface area contributed by atoms with Crippen LogP contribution in [0.1, 0.15) is 31.7 Å². The first-order chi connectivity index (χ1) is 11.0. The molecule has 23 heavy (non-hydrogen) atoms. The number of fused-ring (bicyclic) bond motifs is 1. The van der Waals surface area contributed by atoms with Crippen LogP contribution in [-0.4, -0.2) is 32.8 Å². The molecular formula is C17H20N4O2. The van der Waals surface area contributed by atoms with Crippen molar-refractivity contribution in [1.29, 1.82) is 0 Å². The van der Waals surface area contributed by atoms with Gasteiger partial charge in [0.1, 0.15) is 6.04 Å². The van der Waals surface area contributed by atoms with Crippen molar-refractivity contribution in [2.24, 2.45) is 5.92 Å². The van der Waals surface area contributed by atoms with Gasteiger partial charge in [0, 0.05) is 0 Å². The molecule has 1 aliphatic heterocycles. The van der Waals surface area contributed by atoms with Crippen LogP contribution in [0.25, 0.3) is 11.0 Å². The van der Waals surface area contributed by atoms with Crippen LogP contribution in [0.15, 0.2) is 24.3 Å². The van der Waals surface area contributed by atoms with E-state index in [1.54, 1.807) is 0 Å². The fourth-order valence-corrected chi connectivity index (χ4v) is 2.78. The fourth-order valence-electron chi connectivity index (χ4n) is 2.78. The van der Waals surface area contributed by atoms with Crippen molar-refractivity contribution >= 4 is 23.0 Å². The Bertz CT molecular complexity index is 772. The van der Waals surface area contributed by atoms with Gasteiger partial charge in [0.05, 0.1) is 29.0 Å². The van der Waals surface area contributed by atoms with E-state index in [-0.39, 0.29) is 18.5 Å². The fraction of sp³-hybridized carbons (Fsp3) is 0.412. The highest BCUT2D eigenvalue weighted by atomic mass is 16.2. The van der Waals surface area contributed by atoms with Gasteiger partial charge in [-0.1, -0.05) is 26.0 Å². The highest BCUT2D eigenvalue weighted by Gasteiger charge is 2.38. The lowest BCUT2D eigenvalue weighted by atomic mass is 10.0. The highest BCUT2D eigenvalue weighted by molar-refractivity contribution is 6.04. The molecule has 1 aromatic heterocycles. The molecule has 0 radical (unpaired) electrons. The number of amides is 3. The number of aryl methyl sites for hydroxylation is 1. The van der Waals surface area contributed by atoms with Gasteiger partial charge in [-0.3, -0.25) is 9.69 Å². The van der Waals surface area contributed by atoms with Gasteiger partial charge in [-0.05, 0) is 31.4 Å². The second-order valence-electron chi connectivity index (χ2n) is 6.30. The average Bonchev–Trinajstić information content (AvgIpc) is 2.75. The van der Waals surface area contributed by atoms with Crippen LogP contribution < -0.4 is 5.32 Å². The van der Waals surface area contributed by atoms with Crippen molar-refractivity contribution in [2.75, 3.05) is 0 Å². The van der Waals surface area contributed by atoms with E-state index in [0.29, 0.717) is 18.0 Å². The molecule has 6 heteroatoms. The molecule has 2 aromatic rings. The minimum Gasteiger partial charge on any atom is -0.326 e. The summed E-state index contributed by atoms with van der Waals surface area (Å²) >= 11 is 0. The first kappa shape index (κ1) is 15.4. The number of rotatable bonds is 4. The van der Waals surface area contributed by atoms with Gasteiger partial charge in [-0.2, -0.15) is 0 Å². The molecule has 0 aliphatic carbocycles. The zero-order valence-corrected chi connectivity index (χ0v) is 13.5. The van der Waals surface area contributed by atoms with Crippen molar-refractivity contribution in [3.63, 3.8) is 0 Å². The van der Waals surface area contributed by atoms with E-state index in [1.165, 1.54) is 4.90 Å². The molecule has 1 fully saturated rings. The number of aromatic nitrogens is 2. The maximum atomic E-state index is 12.4. The summed E-state index contributed by atoms with van der Waals surface area (Å²) in [7, 11) is 0. The molecular weight excluding hydrogens is 292 g/mol.